The van der Waals surface area contributed by atoms with Crippen LogP contribution in [0.2, 0.25) is 0 Å². The van der Waals surface area contributed by atoms with E-state index < -0.39 is 0 Å². The second-order valence-corrected chi connectivity index (χ2v) is 6.27. The molecule has 2 aromatic heterocycles. The first-order valence-corrected chi connectivity index (χ1v) is 8.09. The summed E-state index contributed by atoms with van der Waals surface area (Å²) in [6.07, 6.45) is 5.15. The Labute approximate surface area is 145 Å². The van der Waals surface area contributed by atoms with Crippen molar-refractivity contribution in [2.24, 2.45) is 0 Å². The van der Waals surface area contributed by atoms with Gasteiger partial charge in [-0.1, -0.05) is 6.07 Å². The average molecular weight is 335 g/mol. The zero-order chi connectivity index (χ0) is 17.4. The highest BCUT2D eigenvalue weighted by molar-refractivity contribution is 5.78. The summed E-state index contributed by atoms with van der Waals surface area (Å²) >= 11 is 0. The van der Waals surface area contributed by atoms with Gasteiger partial charge in [-0.2, -0.15) is 0 Å². The molecule has 0 spiro atoms. The maximum atomic E-state index is 13.5. The third-order valence-corrected chi connectivity index (χ3v) is 4.42. The minimum Gasteiger partial charge on any atom is -0.345 e. The van der Waals surface area contributed by atoms with Gasteiger partial charge in [0.1, 0.15) is 12.1 Å². The maximum Gasteiger partial charge on any atom is 0.153 e. The van der Waals surface area contributed by atoms with Gasteiger partial charge >= 0.3 is 0 Å². The fourth-order valence-corrected chi connectivity index (χ4v) is 3.10. The van der Waals surface area contributed by atoms with Crippen LogP contribution in [0.25, 0.3) is 11.1 Å². The molecule has 1 aliphatic heterocycles. The number of anilines is 2. The van der Waals surface area contributed by atoms with Gasteiger partial charge in [-0.15, -0.1) is 0 Å². The number of pyridine rings is 1. The summed E-state index contributed by atoms with van der Waals surface area (Å²) in [5.74, 6) is 0.750. The number of rotatable bonds is 3. The zero-order valence-electron chi connectivity index (χ0n) is 14.1. The van der Waals surface area contributed by atoms with Crippen LogP contribution in [0.15, 0.2) is 49.1 Å². The van der Waals surface area contributed by atoms with Gasteiger partial charge in [0.2, 0.25) is 0 Å². The van der Waals surface area contributed by atoms with E-state index in [0.717, 1.165) is 35.0 Å². The van der Waals surface area contributed by atoms with Gasteiger partial charge in [0.25, 0.3) is 0 Å². The summed E-state index contributed by atoms with van der Waals surface area (Å²) in [4.78, 5) is 17.2. The van der Waals surface area contributed by atoms with Gasteiger partial charge in [0, 0.05) is 25.0 Å². The highest BCUT2D eigenvalue weighted by Gasteiger charge is 2.25. The summed E-state index contributed by atoms with van der Waals surface area (Å²) < 4.78 is 13.5. The number of halogens is 1. The van der Waals surface area contributed by atoms with Crippen molar-refractivity contribution in [2.45, 2.75) is 13.5 Å². The Bertz CT molecular complexity index is 913. The molecule has 3 aromatic rings. The largest absolute Gasteiger partial charge is 0.345 e. The highest BCUT2D eigenvalue weighted by Crippen LogP contribution is 2.37. The lowest BCUT2D eigenvalue weighted by molar-refractivity contribution is 0.619. The zero-order valence-corrected chi connectivity index (χ0v) is 14.1. The summed E-state index contributed by atoms with van der Waals surface area (Å²) in [6.45, 7) is 3.21. The van der Waals surface area contributed by atoms with E-state index in [1.165, 1.54) is 6.07 Å². The van der Waals surface area contributed by atoms with Crippen LogP contribution < -0.4 is 9.80 Å². The van der Waals surface area contributed by atoms with Gasteiger partial charge in [0.05, 0.1) is 24.6 Å². The van der Waals surface area contributed by atoms with Crippen LogP contribution in [0.1, 0.15) is 11.3 Å². The Morgan fingerprint density at radius 2 is 2.00 bits per heavy atom. The Morgan fingerprint density at radius 3 is 2.76 bits per heavy atom. The summed E-state index contributed by atoms with van der Waals surface area (Å²) in [7, 11) is 2.02. The molecule has 3 heterocycles. The number of aryl methyl sites for hydroxylation is 1. The molecule has 0 amide bonds. The van der Waals surface area contributed by atoms with Crippen molar-refractivity contribution in [3.05, 3.63) is 66.1 Å². The minimum absolute atomic E-state index is 0.192. The average Bonchev–Trinajstić information content (AvgIpc) is 2.93. The second-order valence-electron chi connectivity index (χ2n) is 6.27. The van der Waals surface area contributed by atoms with E-state index in [0.29, 0.717) is 12.1 Å². The number of benzene rings is 1. The number of hydrogen-bond donors (Lipinski definition) is 0. The van der Waals surface area contributed by atoms with Crippen LogP contribution in [-0.4, -0.2) is 28.7 Å². The van der Waals surface area contributed by atoms with Crippen molar-refractivity contribution in [3.63, 3.8) is 0 Å². The summed E-state index contributed by atoms with van der Waals surface area (Å²) in [5, 5.41) is 0. The topological polar surface area (TPSA) is 45.2 Å². The second kappa shape index (κ2) is 6.12. The van der Waals surface area contributed by atoms with E-state index in [4.69, 9.17) is 0 Å². The number of hydrogen-bond acceptors (Lipinski definition) is 5. The molecule has 1 aliphatic rings. The van der Waals surface area contributed by atoms with Crippen molar-refractivity contribution in [3.8, 4) is 11.1 Å². The predicted molar refractivity (Wildman–Crippen MR) is 95.9 cm³/mol. The number of aromatic nitrogens is 3. The van der Waals surface area contributed by atoms with E-state index in [-0.39, 0.29) is 5.82 Å². The predicted octanol–water partition coefficient (Wildman–Crippen LogP) is 3.40. The molecule has 5 nitrogen and oxygen atoms in total. The van der Waals surface area contributed by atoms with Crippen molar-refractivity contribution in [2.75, 3.05) is 23.5 Å². The molecule has 25 heavy (non-hydrogen) atoms. The molecule has 0 unspecified atom stereocenters. The molecular weight excluding hydrogens is 317 g/mol. The number of fused-ring (bicyclic) bond motifs is 1. The van der Waals surface area contributed by atoms with Crippen LogP contribution in [0.5, 0.6) is 0 Å². The summed E-state index contributed by atoms with van der Waals surface area (Å²) in [6, 6.07) is 9.17. The first-order valence-electron chi connectivity index (χ1n) is 8.09. The van der Waals surface area contributed by atoms with Crippen LogP contribution in [0.3, 0.4) is 0 Å². The first kappa shape index (κ1) is 15.5. The molecule has 6 heteroatoms. The Hall–Kier alpha value is -3.02. The monoisotopic (exact) mass is 335 g/mol. The molecule has 0 N–H and O–H groups in total. The molecule has 4 rings (SSSR count). The molecule has 0 saturated heterocycles. The van der Waals surface area contributed by atoms with Gasteiger partial charge < -0.3 is 9.80 Å². The lowest BCUT2D eigenvalue weighted by atomic mass is 10.0. The van der Waals surface area contributed by atoms with Crippen LogP contribution >= 0.6 is 0 Å². The van der Waals surface area contributed by atoms with Crippen molar-refractivity contribution in [1.29, 1.82) is 0 Å². The Morgan fingerprint density at radius 1 is 1.12 bits per heavy atom. The molecule has 0 bridgehead atoms. The molecule has 0 aliphatic carbocycles. The first-order chi connectivity index (χ1) is 12.1. The lowest BCUT2D eigenvalue weighted by Gasteiger charge is -2.18. The van der Waals surface area contributed by atoms with Gasteiger partial charge in [-0.05, 0) is 42.3 Å². The highest BCUT2D eigenvalue weighted by atomic mass is 19.1. The van der Waals surface area contributed by atoms with E-state index in [1.54, 1.807) is 25.5 Å². The normalized spacial score (nSPS) is 13.2. The van der Waals surface area contributed by atoms with Crippen molar-refractivity contribution < 1.29 is 4.39 Å². The van der Waals surface area contributed by atoms with Crippen LogP contribution in [-0.2, 0) is 6.54 Å². The van der Waals surface area contributed by atoms with Crippen molar-refractivity contribution >= 4 is 11.5 Å². The molecule has 0 fully saturated rings. The third-order valence-electron chi connectivity index (χ3n) is 4.42. The van der Waals surface area contributed by atoms with E-state index >= 15 is 0 Å². The van der Waals surface area contributed by atoms with Gasteiger partial charge in [-0.25, -0.2) is 19.3 Å². The van der Waals surface area contributed by atoms with E-state index in [1.807, 2.05) is 25.4 Å². The van der Waals surface area contributed by atoms with Crippen LogP contribution in [0, 0.1) is 12.7 Å². The maximum absolute atomic E-state index is 13.5. The smallest absolute Gasteiger partial charge is 0.153 e. The SMILES string of the molecule is Cc1cc(-c2cnc3c(c2)N(Cc2ccncn2)CN3C)ccc1F. The molecule has 1 aromatic carbocycles. The van der Waals surface area contributed by atoms with Gasteiger partial charge in [0.15, 0.2) is 5.82 Å². The number of nitrogens with zero attached hydrogens (tertiary/aromatic N) is 5. The molecule has 126 valence electrons. The van der Waals surface area contributed by atoms with Gasteiger partial charge in [-0.3, -0.25) is 0 Å². The van der Waals surface area contributed by atoms with E-state index in [2.05, 4.69) is 30.8 Å². The Balaban J connectivity index is 1.70. The fraction of sp³-hybridized carbons (Fsp3) is 0.211. The summed E-state index contributed by atoms with van der Waals surface area (Å²) in [5.41, 5.74) is 4.59. The lowest BCUT2D eigenvalue weighted by Crippen LogP contribution is -2.28. The fourth-order valence-electron chi connectivity index (χ4n) is 3.10. The molecule has 0 radical (unpaired) electrons. The molecule has 0 atom stereocenters. The van der Waals surface area contributed by atoms with Crippen LogP contribution in [0.4, 0.5) is 15.9 Å². The quantitative estimate of drug-likeness (QED) is 0.734. The Kier molecular flexibility index (Phi) is 3.80. The standard InChI is InChI=1S/C19H18FN5/c1-13-7-14(3-4-17(13)20)15-8-18-19(22-9-15)24(2)12-25(18)10-16-5-6-21-11-23-16/h3-9,11H,10,12H2,1-2H3. The van der Waals surface area contributed by atoms with E-state index in [9.17, 15) is 4.39 Å². The minimum atomic E-state index is -0.192. The molecular formula is C19H18FN5. The molecule has 0 saturated carbocycles. The third kappa shape index (κ3) is 2.91. The van der Waals surface area contributed by atoms with Crippen molar-refractivity contribution in [1.82, 2.24) is 15.0 Å².